The molecule has 1 fully saturated rings. The molecule has 0 aliphatic carbocycles. The molecule has 1 saturated heterocycles. The number of carbonyl (C=O) groups is 7. The summed E-state index contributed by atoms with van der Waals surface area (Å²) in [4.78, 5) is 99.9. The summed E-state index contributed by atoms with van der Waals surface area (Å²) in [5.74, 6) is -5.11. The van der Waals surface area contributed by atoms with Crippen LogP contribution < -0.4 is 36.6 Å². The first-order valence-corrected chi connectivity index (χ1v) is 23.6. The molecule has 0 aromatic heterocycles. The van der Waals surface area contributed by atoms with E-state index in [-0.39, 0.29) is 32.5 Å². The molecule has 16 nitrogen and oxygen atoms in total. The molecule has 372 valence electrons. The van der Waals surface area contributed by atoms with Gasteiger partial charge in [-0.25, -0.2) is 0 Å². The van der Waals surface area contributed by atoms with E-state index in [0.717, 1.165) is 5.56 Å². The number of esters is 1. The van der Waals surface area contributed by atoms with Gasteiger partial charge in [-0.05, 0) is 67.6 Å². The first kappa shape index (κ1) is 52.5. The van der Waals surface area contributed by atoms with Gasteiger partial charge in [-0.1, -0.05) is 133 Å². The molecule has 6 N–H and O–H groups in total. The van der Waals surface area contributed by atoms with E-state index in [1.807, 2.05) is 36.4 Å². The molecule has 5 aromatic carbocycles. The van der Waals surface area contributed by atoms with Crippen molar-refractivity contribution in [3.63, 3.8) is 0 Å². The molecule has 1 aliphatic rings. The summed E-state index contributed by atoms with van der Waals surface area (Å²) in [5.41, 5.74) is 2.81. The lowest BCUT2D eigenvalue weighted by Crippen LogP contribution is -2.62. The summed E-state index contributed by atoms with van der Waals surface area (Å²) >= 11 is 0. The highest BCUT2D eigenvalue weighted by Crippen LogP contribution is 2.17. The number of rotatable bonds is 15. The third-order valence-electron chi connectivity index (χ3n) is 11.4. The molecule has 1 heterocycles. The van der Waals surface area contributed by atoms with Crippen LogP contribution in [0.1, 0.15) is 61.9 Å². The van der Waals surface area contributed by atoms with Gasteiger partial charge in [-0.3, -0.25) is 33.6 Å². The second-order valence-corrected chi connectivity index (χ2v) is 18.3. The van der Waals surface area contributed by atoms with Gasteiger partial charge < -0.3 is 46.1 Å². The summed E-state index contributed by atoms with van der Waals surface area (Å²) in [6.07, 6.45) is -0.858. The topological polar surface area (TPSA) is 219 Å². The molecule has 16 heteroatoms. The van der Waals surface area contributed by atoms with Crippen LogP contribution in [0, 0.1) is 0 Å². The second-order valence-electron chi connectivity index (χ2n) is 18.3. The zero-order valence-electron chi connectivity index (χ0n) is 40.4. The number of hydrogen-bond acceptors (Lipinski definition) is 10. The second kappa shape index (κ2) is 25.7. The molecule has 5 aromatic rings. The third-order valence-corrected chi connectivity index (χ3v) is 11.4. The minimum Gasteiger partial charge on any atom is -0.489 e. The Bertz CT molecular complexity index is 2560. The van der Waals surface area contributed by atoms with E-state index >= 15 is 0 Å². The van der Waals surface area contributed by atoms with Crippen LogP contribution in [-0.4, -0.2) is 89.9 Å². The molecular formula is C55H62N6O10. The molecule has 0 bridgehead atoms. The van der Waals surface area contributed by atoms with Crippen LogP contribution >= 0.6 is 0 Å². The molecule has 1 aliphatic heterocycles. The Hall–Kier alpha value is -7.85. The Kier molecular flexibility index (Phi) is 19.0. The van der Waals surface area contributed by atoms with Gasteiger partial charge in [-0.2, -0.15) is 0 Å². The number of carbonyl (C=O) groups excluding carboxylic acids is 7. The molecule has 0 radical (unpaired) electrons. The fourth-order valence-corrected chi connectivity index (χ4v) is 7.48. The Labute approximate surface area is 414 Å². The van der Waals surface area contributed by atoms with Crippen LogP contribution in [0.4, 0.5) is 0 Å². The predicted octanol–water partition coefficient (Wildman–Crippen LogP) is 4.18. The lowest BCUT2D eigenvalue weighted by atomic mass is 10.0. The van der Waals surface area contributed by atoms with Gasteiger partial charge >= 0.3 is 5.97 Å². The van der Waals surface area contributed by atoms with Crippen molar-refractivity contribution in [2.24, 2.45) is 0 Å². The molecule has 0 unspecified atom stereocenters. The maximum atomic E-state index is 14.6. The molecule has 6 amide bonds. The maximum absolute atomic E-state index is 14.6. The van der Waals surface area contributed by atoms with Crippen LogP contribution in [-0.2, 0) is 75.5 Å². The van der Waals surface area contributed by atoms with Crippen molar-refractivity contribution in [3.05, 3.63) is 173 Å². The average molecular weight is 967 g/mol. The number of amides is 6. The molecule has 6 atom stereocenters. The summed E-state index contributed by atoms with van der Waals surface area (Å²) < 4.78 is 17.5. The Morgan fingerprint density at radius 3 is 1.27 bits per heavy atom. The number of nitrogens with one attached hydrogen (secondary N) is 6. The number of benzene rings is 5. The van der Waals surface area contributed by atoms with Crippen LogP contribution in [0.2, 0.25) is 0 Å². The zero-order valence-corrected chi connectivity index (χ0v) is 40.4. The molecule has 71 heavy (non-hydrogen) atoms. The van der Waals surface area contributed by atoms with Crippen LogP contribution in [0.3, 0.4) is 0 Å². The summed E-state index contributed by atoms with van der Waals surface area (Å²) in [5, 5.41) is 16.3. The fraction of sp³-hybridized carbons (Fsp3) is 0.327. The maximum Gasteiger partial charge on any atom is 0.308 e. The van der Waals surface area contributed by atoms with Gasteiger partial charge in [0.15, 0.2) is 0 Å². The largest absolute Gasteiger partial charge is 0.489 e. The van der Waals surface area contributed by atoms with Crippen LogP contribution in [0.15, 0.2) is 146 Å². The first-order chi connectivity index (χ1) is 34.1. The van der Waals surface area contributed by atoms with Gasteiger partial charge in [0.2, 0.25) is 35.4 Å². The van der Waals surface area contributed by atoms with Crippen molar-refractivity contribution in [2.75, 3.05) is 6.61 Å². The quantitative estimate of drug-likeness (QED) is 0.0823. The van der Waals surface area contributed by atoms with E-state index in [0.29, 0.717) is 34.6 Å². The van der Waals surface area contributed by atoms with Gasteiger partial charge in [0.1, 0.15) is 55.2 Å². The van der Waals surface area contributed by atoms with Crippen molar-refractivity contribution in [1.82, 2.24) is 31.9 Å². The van der Waals surface area contributed by atoms with Crippen molar-refractivity contribution >= 4 is 41.4 Å². The van der Waals surface area contributed by atoms with Crippen LogP contribution in [0.25, 0.3) is 0 Å². The van der Waals surface area contributed by atoms with E-state index in [1.54, 1.807) is 130 Å². The summed E-state index contributed by atoms with van der Waals surface area (Å²) in [6, 6.07) is 34.8. The van der Waals surface area contributed by atoms with Crippen LogP contribution in [0.5, 0.6) is 5.75 Å². The SMILES string of the molecule is C[C@H]1NC(=O)[C@H](COC(C)(C)C)NC(=O)[C@H](Cc2ccccc2)NC(=O)[C@H](Cc2ccccc2)NC(=O)[C@H](CC(=O)OCc2ccccc2)NC(=O)[C@H](Cc2ccc(OCc3ccccc3)cc2)NC1=O. The Morgan fingerprint density at radius 2 is 0.803 bits per heavy atom. The lowest BCUT2D eigenvalue weighted by Gasteiger charge is -2.29. The minimum atomic E-state index is -1.63. The van der Waals surface area contributed by atoms with Gasteiger partial charge in [0.05, 0.1) is 18.6 Å². The molecule has 0 saturated carbocycles. The van der Waals surface area contributed by atoms with Gasteiger partial charge in [0.25, 0.3) is 0 Å². The zero-order chi connectivity index (χ0) is 50.8. The monoisotopic (exact) mass is 966 g/mol. The minimum absolute atomic E-state index is 0.0194. The normalized spacial score (nSPS) is 20.6. The molecule has 0 spiro atoms. The highest BCUT2D eigenvalue weighted by molar-refractivity contribution is 5.99. The fourth-order valence-electron chi connectivity index (χ4n) is 7.48. The van der Waals surface area contributed by atoms with Crippen molar-refractivity contribution in [2.45, 2.75) is 108 Å². The summed E-state index contributed by atoms with van der Waals surface area (Å²) in [6.45, 7) is 6.63. The predicted molar refractivity (Wildman–Crippen MR) is 265 cm³/mol. The highest BCUT2D eigenvalue weighted by Gasteiger charge is 2.36. The summed E-state index contributed by atoms with van der Waals surface area (Å²) in [7, 11) is 0. The number of hydrogen-bond donors (Lipinski definition) is 6. The standard InChI is InChI=1S/C55H62N6O10/c1-36-49(63)57-43(31-39-25-27-42(28-26-39)69-33-40-21-13-7-14-22-40)50(64)60-46(32-48(62)70-34-41-23-15-8-16-24-41)53(67)59-44(29-37-17-9-5-10-18-37)51(65)58-45(30-38-19-11-6-12-20-38)52(66)61-47(54(68)56-36)35-71-55(2,3)4/h5-28,36,43-47H,29-35H2,1-4H3,(H,56,68)(H,57,63)(H,58,65)(H,59,67)(H,60,64)(H,61,66)/t36-,43+,44+,45+,46+,47+/m1/s1. The highest BCUT2D eigenvalue weighted by atomic mass is 16.5. The van der Waals surface area contributed by atoms with E-state index in [9.17, 15) is 33.6 Å². The van der Waals surface area contributed by atoms with Gasteiger partial charge in [0, 0.05) is 19.3 Å². The Morgan fingerprint density at radius 1 is 0.437 bits per heavy atom. The third kappa shape index (κ3) is 17.3. The molecule has 6 rings (SSSR count). The van der Waals surface area contributed by atoms with Crippen molar-refractivity contribution < 1.29 is 47.8 Å². The lowest BCUT2D eigenvalue weighted by molar-refractivity contribution is -0.147. The molecular weight excluding hydrogens is 905 g/mol. The van der Waals surface area contributed by atoms with E-state index in [2.05, 4.69) is 31.9 Å². The number of ether oxygens (including phenoxy) is 3. The van der Waals surface area contributed by atoms with E-state index in [4.69, 9.17) is 14.2 Å². The Balaban J connectivity index is 1.35. The van der Waals surface area contributed by atoms with E-state index in [1.165, 1.54) is 6.92 Å². The first-order valence-electron chi connectivity index (χ1n) is 23.6. The average Bonchev–Trinajstić information content (AvgIpc) is 3.36. The van der Waals surface area contributed by atoms with Crippen molar-refractivity contribution in [3.8, 4) is 5.75 Å². The van der Waals surface area contributed by atoms with Crippen molar-refractivity contribution in [1.29, 1.82) is 0 Å². The van der Waals surface area contributed by atoms with E-state index < -0.39 is 89.7 Å². The smallest absolute Gasteiger partial charge is 0.308 e. The van der Waals surface area contributed by atoms with Gasteiger partial charge in [-0.15, -0.1) is 0 Å².